The van der Waals surface area contributed by atoms with Crippen molar-refractivity contribution >= 4 is 11.6 Å². The summed E-state index contributed by atoms with van der Waals surface area (Å²) in [6.07, 6.45) is 0. The molecule has 0 fully saturated rings. The number of aryl methyl sites for hydroxylation is 1. The van der Waals surface area contributed by atoms with Crippen LogP contribution < -0.4 is 5.56 Å². The number of nitriles is 2. The van der Waals surface area contributed by atoms with E-state index in [0.717, 1.165) is 0 Å². The number of aromatic nitrogens is 2. The van der Waals surface area contributed by atoms with Crippen LogP contribution in [-0.4, -0.2) is 10.2 Å². The molecule has 5 nitrogen and oxygen atoms in total. The number of halogens is 1. The third-order valence-corrected chi connectivity index (χ3v) is 3.52. The van der Waals surface area contributed by atoms with E-state index in [0.29, 0.717) is 21.8 Å². The molecule has 0 aliphatic carbocycles. The molecule has 0 aliphatic rings. The van der Waals surface area contributed by atoms with E-state index in [1.54, 1.807) is 31.2 Å². The van der Waals surface area contributed by atoms with Gasteiger partial charge in [-0.05, 0) is 18.6 Å². The van der Waals surface area contributed by atoms with E-state index >= 15 is 0 Å². The monoisotopic (exact) mass is 286 g/mol. The summed E-state index contributed by atoms with van der Waals surface area (Å²) in [6.45, 7) is 1.71. The topological polar surface area (TPSA) is 96.2 Å². The van der Waals surface area contributed by atoms with Crippen molar-refractivity contribution in [1.29, 1.82) is 10.5 Å². The van der Waals surface area contributed by atoms with Crippen LogP contribution in [0.25, 0.3) is 0 Å². The van der Waals surface area contributed by atoms with Gasteiger partial charge in [-0.15, -0.1) is 0 Å². The summed E-state index contributed by atoms with van der Waals surface area (Å²) >= 11 is 6.16. The van der Waals surface area contributed by atoms with Crippen LogP contribution in [-0.2, 0) is 0 Å². The maximum Gasteiger partial charge on any atom is 0.268 e. The number of aromatic amines is 2. The quantitative estimate of drug-likeness (QED) is 0.907. The second kappa shape index (κ2) is 5.64. The van der Waals surface area contributed by atoms with Crippen LogP contribution in [0.5, 0.6) is 0 Å². The molecule has 1 atom stereocenters. The van der Waals surface area contributed by atoms with Gasteiger partial charge in [-0.1, -0.05) is 29.8 Å². The van der Waals surface area contributed by atoms with Gasteiger partial charge in [0, 0.05) is 22.2 Å². The van der Waals surface area contributed by atoms with Crippen molar-refractivity contribution in [2.75, 3.05) is 0 Å². The predicted octanol–water partition coefficient (Wildman–Crippen LogP) is 2.46. The lowest BCUT2D eigenvalue weighted by Crippen LogP contribution is -2.19. The van der Waals surface area contributed by atoms with Crippen LogP contribution in [0, 0.1) is 35.5 Å². The average molecular weight is 287 g/mol. The van der Waals surface area contributed by atoms with Crippen molar-refractivity contribution < 1.29 is 0 Å². The number of hydrogen-bond donors (Lipinski definition) is 2. The predicted molar refractivity (Wildman–Crippen MR) is 74.2 cm³/mol. The van der Waals surface area contributed by atoms with Gasteiger partial charge in [-0.3, -0.25) is 9.89 Å². The smallest absolute Gasteiger partial charge is 0.268 e. The molecule has 1 aromatic carbocycles. The lowest BCUT2D eigenvalue weighted by molar-refractivity contribution is 0.701. The van der Waals surface area contributed by atoms with Crippen molar-refractivity contribution in [3.63, 3.8) is 0 Å². The molecule has 1 aromatic heterocycles. The first-order valence-corrected chi connectivity index (χ1v) is 6.28. The van der Waals surface area contributed by atoms with Crippen LogP contribution in [0.2, 0.25) is 5.02 Å². The Balaban J connectivity index is 2.71. The first kappa shape index (κ1) is 13.9. The zero-order valence-corrected chi connectivity index (χ0v) is 11.4. The summed E-state index contributed by atoms with van der Waals surface area (Å²) in [5.41, 5.74) is 1.21. The molecule has 1 heterocycles. The Morgan fingerprint density at radius 2 is 1.85 bits per heavy atom. The van der Waals surface area contributed by atoms with Gasteiger partial charge in [0.05, 0.1) is 12.1 Å². The molecule has 0 amide bonds. The highest BCUT2D eigenvalue weighted by atomic mass is 35.5. The van der Waals surface area contributed by atoms with E-state index in [2.05, 4.69) is 10.2 Å². The van der Waals surface area contributed by atoms with Gasteiger partial charge in [0.15, 0.2) is 0 Å². The second-order valence-electron chi connectivity index (χ2n) is 4.35. The molecule has 100 valence electrons. The average Bonchev–Trinajstić information content (AvgIpc) is 2.77. The largest absolute Gasteiger partial charge is 0.302 e. The van der Waals surface area contributed by atoms with E-state index in [4.69, 9.17) is 11.6 Å². The number of hydrogen-bond acceptors (Lipinski definition) is 3. The Bertz CT molecular complexity index is 748. The normalized spacial score (nSPS) is 11.8. The minimum Gasteiger partial charge on any atom is -0.302 e. The maximum absolute atomic E-state index is 12.0. The summed E-state index contributed by atoms with van der Waals surface area (Å²) in [5, 5.41) is 24.0. The Morgan fingerprint density at radius 3 is 2.35 bits per heavy atom. The number of rotatable bonds is 3. The fraction of sp³-hybridized carbons (Fsp3) is 0.214. The number of benzene rings is 1. The van der Waals surface area contributed by atoms with Crippen molar-refractivity contribution in [3.8, 4) is 12.1 Å². The SMILES string of the molecule is Cc1[nH][nH]c(=O)c1[C@H](c1ccccc1Cl)C(C#N)C#N. The molecule has 6 heteroatoms. The van der Waals surface area contributed by atoms with E-state index < -0.39 is 11.8 Å². The van der Waals surface area contributed by atoms with Crippen LogP contribution in [0.15, 0.2) is 29.1 Å². The molecular formula is C14H11ClN4O. The number of nitrogens with one attached hydrogen (secondary N) is 2. The molecule has 0 saturated heterocycles. The summed E-state index contributed by atoms with van der Waals surface area (Å²) in [6, 6.07) is 10.8. The third kappa shape index (κ3) is 2.32. The standard InChI is InChI=1S/C14H11ClN4O/c1-8-12(14(20)19-18-8)13(9(6-16)7-17)10-4-2-3-5-11(10)15/h2-5,9,13H,1H3,(H2,18,19,20)/t13-/m0/s1. The second-order valence-corrected chi connectivity index (χ2v) is 4.76. The van der Waals surface area contributed by atoms with Gasteiger partial charge in [0.2, 0.25) is 0 Å². The van der Waals surface area contributed by atoms with E-state index in [1.807, 2.05) is 12.1 Å². The Hall–Kier alpha value is -2.50. The molecule has 0 unspecified atom stereocenters. The molecule has 2 aromatic rings. The Labute approximate surface area is 120 Å². The lowest BCUT2D eigenvalue weighted by atomic mass is 9.82. The molecule has 0 saturated carbocycles. The van der Waals surface area contributed by atoms with E-state index in [-0.39, 0.29) is 5.56 Å². The van der Waals surface area contributed by atoms with Gasteiger partial charge >= 0.3 is 0 Å². The molecule has 2 rings (SSSR count). The minimum absolute atomic E-state index is 0.345. The summed E-state index contributed by atoms with van der Waals surface area (Å²) in [7, 11) is 0. The van der Waals surface area contributed by atoms with Crippen LogP contribution in [0.3, 0.4) is 0 Å². The summed E-state index contributed by atoms with van der Waals surface area (Å²) < 4.78 is 0. The van der Waals surface area contributed by atoms with Gasteiger partial charge < -0.3 is 5.10 Å². The van der Waals surface area contributed by atoms with Crippen molar-refractivity contribution in [1.82, 2.24) is 10.2 Å². The van der Waals surface area contributed by atoms with Crippen molar-refractivity contribution in [2.45, 2.75) is 12.8 Å². The summed E-state index contributed by atoms with van der Waals surface area (Å²) in [4.78, 5) is 12.0. The molecule has 2 N–H and O–H groups in total. The first-order chi connectivity index (χ1) is 9.60. The molecule has 0 radical (unpaired) electrons. The van der Waals surface area contributed by atoms with Crippen LogP contribution >= 0.6 is 11.6 Å². The van der Waals surface area contributed by atoms with Crippen molar-refractivity contribution in [2.24, 2.45) is 5.92 Å². The minimum atomic E-state index is -0.995. The number of nitrogens with zero attached hydrogens (tertiary/aromatic N) is 2. The Morgan fingerprint density at radius 1 is 1.20 bits per heavy atom. The Kier molecular flexibility index (Phi) is 3.93. The number of H-pyrrole nitrogens is 2. The fourth-order valence-electron chi connectivity index (χ4n) is 2.24. The molecular weight excluding hydrogens is 276 g/mol. The molecule has 20 heavy (non-hydrogen) atoms. The zero-order chi connectivity index (χ0) is 14.7. The van der Waals surface area contributed by atoms with Gasteiger partial charge in [-0.25, -0.2) is 0 Å². The first-order valence-electron chi connectivity index (χ1n) is 5.91. The van der Waals surface area contributed by atoms with E-state index in [9.17, 15) is 15.3 Å². The summed E-state index contributed by atoms with van der Waals surface area (Å²) in [5.74, 6) is -1.68. The fourth-order valence-corrected chi connectivity index (χ4v) is 2.49. The van der Waals surface area contributed by atoms with Gasteiger partial charge in [-0.2, -0.15) is 10.5 Å². The lowest BCUT2D eigenvalue weighted by Gasteiger charge is -2.18. The zero-order valence-electron chi connectivity index (χ0n) is 10.6. The maximum atomic E-state index is 12.0. The highest BCUT2D eigenvalue weighted by Crippen LogP contribution is 2.35. The van der Waals surface area contributed by atoms with E-state index in [1.165, 1.54) is 0 Å². The third-order valence-electron chi connectivity index (χ3n) is 3.17. The molecule has 0 bridgehead atoms. The van der Waals surface area contributed by atoms with Crippen LogP contribution in [0.1, 0.15) is 22.7 Å². The van der Waals surface area contributed by atoms with Gasteiger partial charge in [0.1, 0.15) is 5.92 Å². The van der Waals surface area contributed by atoms with Crippen molar-refractivity contribution in [3.05, 3.63) is 56.5 Å². The highest BCUT2D eigenvalue weighted by Gasteiger charge is 2.31. The van der Waals surface area contributed by atoms with Crippen LogP contribution in [0.4, 0.5) is 0 Å². The molecule has 0 aliphatic heterocycles. The molecule has 0 spiro atoms. The highest BCUT2D eigenvalue weighted by molar-refractivity contribution is 6.31. The van der Waals surface area contributed by atoms with Gasteiger partial charge in [0.25, 0.3) is 5.56 Å².